The van der Waals surface area contributed by atoms with Crippen LogP contribution in [0.4, 0.5) is 13.6 Å². The Bertz CT molecular complexity index is 1290. The molecule has 6 nitrogen and oxygen atoms in total. The quantitative estimate of drug-likeness (QED) is 0.433. The van der Waals surface area contributed by atoms with Crippen LogP contribution in [0.15, 0.2) is 42.6 Å². The highest BCUT2D eigenvalue weighted by Crippen LogP contribution is 2.41. The number of rotatable bonds is 4. The van der Waals surface area contributed by atoms with Crippen molar-refractivity contribution in [2.75, 3.05) is 6.54 Å². The second-order valence-electron chi connectivity index (χ2n) is 8.69. The van der Waals surface area contributed by atoms with Gasteiger partial charge in [-0.1, -0.05) is 24.3 Å². The summed E-state index contributed by atoms with van der Waals surface area (Å²) in [5.41, 5.74) is 1.30. The lowest BCUT2D eigenvalue weighted by Gasteiger charge is -2.34. The molecule has 5 rings (SSSR count). The summed E-state index contributed by atoms with van der Waals surface area (Å²) in [6.07, 6.45) is 0.521. The SMILES string of the molecule is Cc1cc(C(=O)CN2C(=O)NC3(CCC(F)(F)CC3)C2=O)sc1-c1cccc2cccnc12. The second kappa shape index (κ2) is 7.69. The molecular formula is C24H21F2N3O3S. The van der Waals surface area contributed by atoms with Crippen molar-refractivity contribution in [3.8, 4) is 10.4 Å². The van der Waals surface area contributed by atoms with E-state index in [9.17, 15) is 23.2 Å². The number of para-hydroxylation sites is 1. The van der Waals surface area contributed by atoms with Crippen LogP contribution in [0, 0.1) is 6.92 Å². The maximum Gasteiger partial charge on any atom is 0.325 e. The minimum Gasteiger partial charge on any atom is -0.323 e. The smallest absolute Gasteiger partial charge is 0.323 e. The number of aromatic nitrogens is 1. The Labute approximate surface area is 192 Å². The topological polar surface area (TPSA) is 79.4 Å². The van der Waals surface area contributed by atoms with Crippen molar-refractivity contribution in [2.45, 2.75) is 44.1 Å². The molecule has 1 saturated carbocycles. The van der Waals surface area contributed by atoms with Crippen molar-refractivity contribution >= 4 is 40.0 Å². The van der Waals surface area contributed by atoms with Crippen LogP contribution in [0.25, 0.3) is 21.3 Å². The van der Waals surface area contributed by atoms with Gasteiger partial charge in [-0.05, 0) is 37.5 Å². The predicted molar refractivity (Wildman–Crippen MR) is 121 cm³/mol. The Kier molecular flexibility index (Phi) is 5.04. The highest BCUT2D eigenvalue weighted by Gasteiger charge is 2.55. The molecule has 2 aromatic heterocycles. The summed E-state index contributed by atoms with van der Waals surface area (Å²) in [5, 5.41) is 3.56. The number of carbonyl (C=O) groups excluding carboxylic acids is 3. The number of thiophene rings is 1. The maximum absolute atomic E-state index is 13.6. The average molecular weight is 470 g/mol. The van der Waals surface area contributed by atoms with E-state index in [2.05, 4.69) is 10.3 Å². The van der Waals surface area contributed by atoms with E-state index in [-0.39, 0.29) is 18.6 Å². The number of pyridine rings is 1. The molecule has 170 valence electrons. The normalized spacial score (nSPS) is 19.3. The minimum atomic E-state index is -2.83. The first-order chi connectivity index (χ1) is 15.7. The zero-order chi connectivity index (χ0) is 23.4. The monoisotopic (exact) mass is 469 g/mol. The van der Waals surface area contributed by atoms with Gasteiger partial charge in [-0.25, -0.2) is 13.6 Å². The van der Waals surface area contributed by atoms with E-state index in [1.165, 1.54) is 11.3 Å². The molecule has 3 amide bonds. The van der Waals surface area contributed by atoms with Gasteiger partial charge in [0, 0.05) is 34.9 Å². The molecule has 3 heterocycles. The summed E-state index contributed by atoms with van der Waals surface area (Å²) in [5.74, 6) is -3.80. The van der Waals surface area contributed by atoms with Gasteiger partial charge in [-0.15, -0.1) is 11.3 Å². The fourth-order valence-corrected chi connectivity index (χ4v) is 5.73. The molecule has 1 saturated heterocycles. The average Bonchev–Trinajstić information content (AvgIpc) is 3.29. The first kappa shape index (κ1) is 21.6. The highest BCUT2D eigenvalue weighted by molar-refractivity contribution is 7.17. The molecule has 1 aliphatic heterocycles. The number of ketones is 1. The van der Waals surface area contributed by atoms with Gasteiger partial charge in [-0.2, -0.15) is 0 Å². The number of imide groups is 1. The number of nitrogens with zero attached hydrogens (tertiary/aromatic N) is 2. The van der Waals surface area contributed by atoms with Crippen LogP contribution in [0.5, 0.6) is 0 Å². The van der Waals surface area contributed by atoms with Crippen LogP contribution in [0.1, 0.15) is 40.9 Å². The number of fused-ring (bicyclic) bond motifs is 1. The number of Topliss-reactive ketones (excluding diaryl/α,β-unsaturated/α-hetero) is 1. The largest absolute Gasteiger partial charge is 0.325 e. The van der Waals surface area contributed by atoms with Gasteiger partial charge in [0.05, 0.1) is 16.9 Å². The first-order valence-electron chi connectivity index (χ1n) is 10.7. The van der Waals surface area contributed by atoms with Gasteiger partial charge in [-0.3, -0.25) is 19.5 Å². The zero-order valence-electron chi connectivity index (χ0n) is 17.9. The van der Waals surface area contributed by atoms with Crippen LogP contribution in [-0.2, 0) is 4.79 Å². The number of hydrogen-bond acceptors (Lipinski definition) is 5. The molecule has 33 heavy (non-hydrogen) atoms. The molecule has 0 radical (unpaired) electrons. The zero-order valence-corrected chi connectivity index (χ0v) is 18.7. The number of alkyl halides is 2. The molecule has 1 aliphatic carbocycles. The van der Waals surface area contributed by atoms with Crippen LogP contribution < -0.4 is 5.32 Å². The predicted octanol–water partition coefficient (Wildman–Crippen LogP) is 4.95. The van der Waals surface area contributed by atoms with E-state index in [1.54, 1.807) is 12.3 Å². The summed E-state index contributed by atoms with van der Waals surface area (Å²) < 4.78 is 27.2. The molecule has 0 unspecified atom stereocenters. The Hall–Kier alpha value is -3.20. The molecule has 2 fully saturated rings. The molecule has 1 aromatic carbocycles. The van der Waals surface area contributed by atoms with Crippen molar-refractivity contribution in [2.24, 2.45) is 0 Å². The Morgan fingerprint density at radius 1 is 1.15 bits per heavy atom. The maximum atomic E-state index is 13.6. The van der Waals surface area contributed by atoms with Crippen molar-refractivity contribution < 1.29 is 23.2 Å². The molecule has 1 N–H and O–H groups in total. The Morgan fingerprint density at radius 2 is 1.88 bits per heavy atom. The minimum absolute atomic E-state index is 0.133. The van der Waals surface area contributed by atoms with Crippen molar-refractivity contribution in [1.82, 2.24) is 15.2 Å². The lowest BCUT2D eigenvalue weighted by atomic mass is 9.80. The number of aryl methyl sites for hydroxylation is 1. The lowest BCUT2D eigenvalue weighted by Crippen LogP contribution is -2.51. The summed E-state index contributed by atoms with van der Waals surface area (Å²) in [6, 6.07) is 10.7. The van der Waals surface area contributed by atoms with E-state index in [0.717, 1.165) is 31.8 Å². The Balaban J connectivity index is 1.38. The van der Waals surface area contributed by atoms with Gasteiger partial charge in [0.15, 0.2) is 5.78 Å². The van der Waals surface area contributed by atoms with E-state index >= 15 is 0 Å². The number of carbonyl (C=O) groups is 3. The molecule has 3 aromatic rings. The number of urea groups is 1. The van der Waals surface area contributed by atoms with Crippen molar-refractivity contribution in [1.29, 1.82) is 0 Å². The third-order valence-electron chi connectivity index (χ3n) is 6.45. The second-order valence-corrected chi connectivity index (χ2v) is 9.74. The van der Waals surface area contributed by atoms with Crippen LogP contribution >= 0.6 is 11.3 Å². The van der Waals surface area contributed by atoms with Gasteiger partial charge >= 0.3 is 6.03 Å². The molecule has 9 heteroatoms. The molecule has 0 atom stereocenters. The van der Waals surface area contributed by atoms with Crippen LogP contribution in [-0.4, -0.2) is 45.6 Å². The van der Waals surface area contributed by atoms with Gasteiger partial charge in [0.1, 0.15) is 5.54 Å². The summed E-state index contributed by atoms with van der Waals surface area (Å²) in [7, 11) is 0. The summed E-state index contributed by atoms with van der Waals surface area (Å²) in [6.45, 7) is 1.48. The van der Waals surface area contributed by atoms with Gasteiger partial charge in [0.2, 0.25) is 5.92 Å². The van der Waals surface area contributed by atoms with Crippen LogP contribution in [0.2, 0.25) is 0 Å². The van der Waals surface area contributed by atoms with Crippen molar-refractivity contribution in [3.63, 3.8) is 0 Å². The molecule has 1 spiro atoms. The standard InChI is InChI=1S/C24H21F2N3O3S/c1-14-12-18(33-20(14)16-6-2-4-15-5-3-11-27-19(15)16)17(30)13-29-21(31)23(28-22(29)32)7-9-24(25,26)10-8-23/h2-6,11-12H,7-10,13H2,1H3,(H,28,32). The molecule has 2 aliphatic rings. The summed E-state index contributed by atoms with van der Waals surface area (Å²) >= 11 is 1.29. The van der Waals surface area contributed by atoms with E-state index in [1.807, 2.05) is 37.3 Å². The highest BCUT2D eigenvalue weighted by atomic mass is 32.1. The molecular weight excluding hydrogens is 448 g/mol. The number of hydrogen-bond donors (Lipinski definition) is 1. The Morgan fingerprint density at radius 3 is 2.64 bits per heavy atom. The number of halogens is 2. The first-order valence-corrected chi connectivity index (χ1v) is 11.5. The van der Waals surface area contributed by atoms with E-state index < -0.39 is 42.8 Å². The third-order valence-corrected chi connectivity index (χ3v) is 7.76. The fraction of sp³-hybridized carbons (Fsp3) is 0.333. The molecule has 0 bridgehead atoms. The van der Waals surface area contributed by atoms with Crippen molar-refractivity contribution in [3.05, 3.63) is 53.0 Å². The summed E-state index contributed by atoms with van der Waals surface area (Å²) in [4.78, 5) is 45.1. The lowest BCUT2D eigenvalue weighted by molar-refractivity contribution is -0.135. The fourth-order valence-electron chi connectivity index (χ4n) is 4.60. The van der Waals surface area contributed by atoms with E-state index in [0.29, 0.717) is 4.88 Å². The van der Waals surface area contributed by atoms with Gasteiger partial charge in [0.25, 0.3) is 5.91 Å². The number of benzene rings is 1. The van der Waals surface area contributed by atoms with Crippen LogP contribution in [0.3, 0.4) is 0 Å². The number of amides is 3. The number of nitrogens with one attached hydrogen (secondary N) is 1. The third kappa shape index (κ3) is 3.70. The van der Waals surface area contributed by atoms with E-state index in [4.69, 9.17) is 0 Å². The van der Waals surface area contributed by atoms with Gasteiger partial charge < -0.3 is 5.32 Å².